The molecule has 5 nitrogen and oxygen atoms in total. The molecule has 1 fully saturated rings. The summed E-state index contributed by atoms with van der Waals surface area (Å²) in [5, 5.41) is 17.1. The van der Waals surface area contributed by atoms with Crippen LogP contribution in [0, 0.1) is 0 Å². The van der Waals surface area contributed by atoms with E-state index in [0.717, 1.165) is 58.3 Å². The Kier molecular flexibility index (Phi) is 6.03. The highest BCUT2D eigenvalue weighted by molar-refractivity contribution is 7.98. The molecule has 8 heteroatoms. The van der Waals surface area contributed by atoms with E-state index in [1.165, 1.54) is 0 Å². The maximum atomic E-state index is 9.86. The number of anilines is 1. The Hall–Kier alpha value is -2.25. The summed E-state index contributed by atoms with van der Waals surface area (Å²) >= 11 is 14.4. The Morgan fingerprint density at radius 1 is 1.12 bits per heavy atom. The van der Waals surface area contributed by atoms with Crippen LogP contribution in [-0.4, -0.2) is 45.2 Å². The molecule has 5 rings (SSSR count). The molecule has 0 saturated carbocycles. The van der Waals surface area contributed by atoms with E-state index in [4.69, 9.17) is 33.3 Å². The Labute approximate surface area is 201 Å². The molecule has 0 unspecified atom stereocenters. The zero-order chi connectivity index (χ0) is 22.2. The second-order valence-electron chi connectivity index (χ2n) is 7.77. The van der Waals surface area contributed by atoms with Crippen LogP contribution in [0.25, 0.3) is 28.0 Å². The van der Waals surface area contributed by atoms with Crippen molar-refractivity contribution in [3.8, 4) is 22.4 Å². The third-order valence-corrected chi connectivity index (χ3v) is 7.19. The SMILES string of the molecule is CSc1cc(N2CCC[C@H]2CO)nc2c(-c3ccc(Cl)cc3)c(-c3ccccc3Cl)nn12. The van der Waals surface area contributed by atoms with Gasteiger partial charge in [0.25, 0.3) is 0 Å². The van der Waals surface area contributed by atoms with Crippen LogP contribution in [0.3, 0.4) is 0 Å². The summed E-state index contributed by atoms with van der Waals surface area (Å²) in [6, 6.07) is 17.6. The number of aromatic nitrogens is 3. The van der Waals surface area contributed by atoms with Crippen molar-refractivity contribution >= 4 is 46.4 Å². The number of hydrogen-bond acceptors (Lipinski definition) is 5. The summed E-state index contributed by atoms with van der Waals surface area (Å²) in [6.07, 6.45) is 4.04. The van der Waals surface area contributed by atoms with Crippen molar-refractivity contribution < 1.29 is 5.11 Å². The second-order valence-corrected chi connectivity index (χ2v) is 9.44. The van der Waals surface area contributed by atoms with Gasteiger partial charge in [0.2, 0.25) is 0 Å². The second kappa shape index (κ2) is 8.94. The average Bonchev–Trinajstić information content (AvgIpc) is 3.44. The monoisotopic (exact) mass is 484 g/mol. The zero-order valence-corrected chi connectivity index (χ0v) is 19.8. The van der Waals surface area contributed by atoms with Crippen molar-refractivity contribution in [3.63, 3.8) is 0 Å². The average molecular weight is 485 g/mol. The number of benzene rings is 2. The highest BCUT2D eigenvalue weighted by atomic mass is 35.5. The highest BCUT2D eigenvalue weighted by Crippen LogP contribution is 2.40. The number of aliphatic hydroxyl groups is 1. The predicted molar refractivity (Wildman–Crippen MR) is 133 cm³/mol. The predicted octanol–water partition coefficient (Wildman–Crippen LogP) is 6.05. The molecule has 3 heterocycles. The summed E-state index contributed by atoms with van der Waals surface area (Å²) in [5.74, 6) is 0.860. The molecule has 32 heavy (non-hydrogen) atoms. The minimum absolute atomic E-state index is 0.0876. The molecule has 1 N–H and O–H groups in total. The number of halogens is 2. The summed E-state index contributed by atoms with van der Waals surface area (Å²) in [5.41, 5.74) is 4.26. The van der Waals surface area contributed by atoms with Gasteiger partial charge in [-0.25, -0.2) is 9.50 Å². The molecule has 1 aliphatic heterocycles. The van der Waals surface area contributed by atoms with Gasteiger partial charge < -0.3 is 10.0 Å². The number of hydrogen-bond donors (Lipinski definition) is 1. The molecule has 2 aromatic carbocycles. The van der Waals surface area contributed by atoms with E-state index in [-0.39, 0.29) is 12.6 Å². The molecular formula is C24H22Cl2N4OS. The van der Waals surface area contributed by atoms with Crippen LogP contribution in [0.1, 0.15) is 12.8 Å². The summed E-state index contributed by atoms with van der Waals surface area (Å²) < 4.78 is 1.89. The van der Waals surface area contributed by atoms with E-state index >= 15 is 0 Å². The summed E-state index contributed by atoms with van der Waals surface area (Å²) in [7, 11) is 0. The summed E-state index contributed by atoms with van der Waals surface area (Å²) in [6.45, 7) is 1.000. The molecule has 2 aromatic heterocycles. The number of fused-ring (bicyclic) bond motifs is 1. The van der Waals surface area contributed by atoms with E-state index < -0.39 is 0 Å². The smallest absolute Gasteiger partial charge is 0.167 e. The molecule has 1 atom stereocenters. The molecule has 1 aliphatic rings. The first-order valence-electron chi connectivity index (χ1n) is 10.5. The number of nitrogens with zero attached hydrogens (tertiary/aromatic N) is 4. The standard InChI is InChI=1S/C24H22Cl2N4OS/c1-32-21-13-20(29-12-4-5-17(29)14-31)27-24-22(15-8-10-16(25)11-9-15)23(28-30(21)24)18-6-2-3-7-19(18)26/h2-3,6-11,13,17,31H,4-5,12,14H2,1H3/t17-/m0/s1. The maximum absolute atomic E-state index is 9.86. The minimum Gasteiger partial charge on any atom is -0.394 e. The largest absolute Gasteiger partial charge is 0.394 e. The van der Waals surface area contributed by atoms with Gasteiger partial charge in [0.05, 0.1) is 23.2 Å². The lowest BCUT2D eigenvalue weighted by atomic mass is 10.0. The zero-order valence-electron chi connectivity index (χ0n) is 17.5. The molecule has 0 aliphatic carbocycles. The number of aliphatic hydroxyl groups excluding tert-OH is 1. The van der Waals surface area contributed by atoms with E-state index in [0.29, 0.717) is 10.0 Å². The van der Waals surface area contributed by atoms with Gasteiger partial charge in [0, 0.05) is 23.2 Å². The topological polar surface area (TPSA) is 53.7 Å². The minimum atomic E-state index is 0.0876. The fourth-order valence-electron chi connectivity index (χ4n) is 4.32. The van der Waals surface area contributed by atoms with Crippen LogP contribution in [0.2, 0.25) is 10.0 Å². The lowest BCUT2D eigenvalue weighted by Gasteiger charge is -2.24. The van der Waals surface area contributed by atoms with Gasteiger partial charge in [-0.2, -0.15) is 5.10 Å². The van der Waals surface area contributed by atoms with Crippen LogP contribution in [-0.2, 0) is 0 Å². The van der Waals surface area contributed by atoms with Gasteiger partial charge >= 0.3 is 0 Å². The third kappa shape index (κ3) is 3.75. The van der Waals surface area contributed by atoms with Crippen molar-refractivity contribution in [2.75, 3.05) is 24.3 Å². The molecule has 0 bridgehead atoms. The first-order chi connectivity index (χ1) is 15.6. The Bertz CT molecular complexity index is 1280. The fourth-order valence-corrected chi connectivity index (χ4v) is 5.20. The van der Waals surface area contributed by atoms with Gasteiger partial charge in [-0.1, -0.05) is 53.5 Å². The normalized spacial score (nSPS) is 16.2. The molecular weight excluding hydrogens is 463 g/mol. The molecule has 0 amide bonds. The van der Waals surface area contributed by atoms with E-state index in [1.54, 1.807) is 11.8 Å². The van der Waals surface area contributed by atoms with Crippen molar-refractivity contribution in [3.05, 3.63) is 64.6 Å². The van der Waals surface area contributed by atoms with Crippen LogP contribution in [0.15, 0.2) is 59.6 Å². The van der Waals surface area contributed by atoms with Crippen LogP contribution < -0.4 is 4.90 Å². The van der Waals surface area contributed by atoms with Gasteiger partial charge in [0.15, 0.2) is 5.65 Å². The Morgan fingerprint density at radius 3 is 2.62 bits per heavy atom. The highest BCUT2D eigenvalue weighted by Gasteiger charge is 2.28. The first-order valence-corrected chi connectivity index (χ1v) is 12.4. The first kappa shape index (κ1) is 21.6. The molecule has 4 aromatic rings. The lowest BCUT2D eigenvalue weighted by Crippen LogP contribution is -2.32. The van der Waals surface area contributed by atoms with E-state index in [1.807, 2.05) is 59.3 Å². The van der Waals surface area contributed by atoms with Gasteiger partial charge in [-0.05, 0) is 42.9 Å². The number of thioether (sulfide) groups is 1. The molecule has 0 spiro atoms. The number of rotatable bonds is 5. The molecule has 1 saturated heterocycles. The van der Waals surface area contributed by atoms with Crippen molar-refractivity contribution in [1.29, 1.82) is 0 Å². The Balaban J connectivity index is 1.81. The Morgan fingerprint density at radius 2 is 1.91 bits per heavy atom. The van der Waals surface area contributed by atoms with Gasteiger partial charge in [-0.3, -0.25) is 0 Å². The van der Waals surface area contributed by atoms with Crippen molar-refractivity contribution in [2.24, 2.45) is 0 Å². The molecule has 164 valence electrons. The van der Waals surface area contributed by atoms with Crippen LogP contribution in [0.4, 0.5) is 5.82 Å². The van der Waals surface area contributed by atoms with Crippen molar-refractivity contribution in [2.45, 2.75) is 23.9 Å². The lowest BCUT2D eigenvalue weighted by molar-refractivity contribution is 0.266. The van der Waals surface area contributed by atoms with E-state index in [2.05, 4.69) is 11.0 Å². The molecule has 0 radical (unpaired) electrons. The van der Waals surface area contributed by atoms with Crippen molar-refractivity contribution in [1.82, 2.24) is 14.6 Å². The maximum Gasteiger partial charge on any atom is 0.167 e. The van der Waals surface area contributed by atoms with Crippen LogP contribution >= 0.6 is 35.0 Å². The van der Waals surface area contributed by atoms with Crippen LogP contribution in [0.5, 0.6) is 0 Å². The summed E-state index contributed by atoms with van der Waals surface area (Å²) in [4.78, 5) is 7.27. The van der Waals surface area contributed by atoms with Gasteiger partial charge in [0.1, 0.15) is 16.5 Å². The van der Waals surface area contributed by atoms with Gasteiger partial charge in [-0.15, -0.1) is 11.8 Å². The van der Waals surface area contributed by atoms with E-state index in [9.17, 15) is 5.11 Å². The third-order valence-electron chi connectivity index (χ3n) is 5.90. The fraction of sp³-hybridized carbons (Fsp3) is 0.250. The quantitative estimate of drug-likeness (QED) is 0.275.